The highest BCUT2D eigenvalue weighted by Gasteiger charge is 2.36. The molecule has 0 unspecified atom stereocenters. The quantitative estimate of drug-likeness (QED) is 0.659. The fourth-order valence-corrected chi connectivity index (χ4v) is 3.91. The smallest absolute Gasteiger partial charge is 0.293 e. The molecule has 0 aliphatic carbocycles. The summed E-state index contributed by atoms with van der Waals surface area (Å²) < 4.78 is 16.0. The number of amides is 2. The molecule has 2 aliphatic heterocycles. The van der Waals surface area contributed by atoms with Crippen molar-refractivity contribution in [3.63, 3.8) is 0 Å². The van der Waals surface area contributed by atoms with Crippen molar-refractivity contribution in [3.8, 4) is 23.3 Å². The van der Waals surface area contributed by atoms with Crippen molar-refractivity contribution < 1.29 is 23.8 Å². The van der Waals surface area contributed by atoms with E-state index in [0.717, 1.165) is 16.7 Å². The summed E-state index contributed by atoms with van der Waals surface area (Å²) in [5.74, 6) is 1.08. The third kappa shape index (κ3) is 3.88. The van der Waals surface area contributed by atoms with E-state index in [-0.39, 0.29) is 24.8 Å². The molecule has 0 bridgehead atoms. The largest absolute Gasteiger partial charge is 0.478 e. The van der Waals surface area contributed by atoms with Gasteiger partial charge in [-0.05, 0) is 35.5 Å². The van der Waals surface area contributed by atoms with Crippen LogP contribution in [0.1, 0.15) is 11.1 Å². The minimum Gasteiger partial charge on any atom is -0.478 e. The van der Waals surface area contributed by atoms with Crippen LogP contribution in [0.5, 0.6) is 17.2 Å². The van der Waals surface area contributed by atoms with E-state index in [1.165, 1.54) is 0 Å². The van der Waals surface area contributed by atoms with Crippen LogP contribution in [0.25, 0.3) is 6.08 Å². The van der Waals surface area contributed by atoms with Crippen molar-refractivity contribution in [2.75, 3.05) is 13.4 Å². The maximum Gasteiger partial charge on any atom is 0.293 e. The van der Waals surface area contributed by atoms with Gasteiger partial charge in [0.15, 0.2) is 18.1 Å². The van der Waals surface area contributed by atoms with E-state index < -0.39 is 11.1 Å². The Hall–Kier alpha value is -3.15. The number of fused-ring (bicyclic) bond motifs is 1. The summed E-state index contributed by atoms with van der Waals surface area (Å²) in [5.41, 5.74) is 1.19. The summed E-state index contributed by atoms with van der Waals surface area (Å²) in [4.78, 5) is 26.7. The predicted octanol–water partition coefficient (Wildman–Crippen LogP) is 4.21. The number of rotatable bonds is 5. The van der Waals surface area contributed by atoms with Crippen LogP contribution in [-0.4, -0.2) is 29.4 Å². The van der Waals surface area contributed by atoms with Crippen LogP contribution in [0.2, 0.25) is 5.02 Å². The molecule has 2 heterocycles. The van der Waals surface area contributed by atoms with E-state index in [2.05, 4.69) is 0 Å². The highest BCUT2D eigenvalue weighted by atomic mass is 35.5. The molecule has 7 nitrogen and oxygen atoms in total. The lowest BCUT2D eigenvalue weighted by Crippen LogP contribution is -2.27. The fourth-order valence-electron chi connectivity index (χ4n) is 2.87. The van der Waals surface area contributed by atoms with Gasteiger partial charge in [-0.15, -0.1) is 0 Å². The van der Waals surface area contributed by atoms with Gasteiger partial charge in [-0.25, -0.2) is 0 Å². The molecule has 0 radical (unpaired) electrons. The third-order valence-electron chi connectivity index (χ3n) is 4.24. The fraction of sp³-hybridized carbons (Fsp3) is 0.150. The summed E-state index contributed by atoms with van der Waals surface area (Å²) in [6, 6.07) is 12.2. The van der Waals surface area contributed by atoms with Gasteiger partial charge in [0.25, 0.3) is 11.1 Å². The second-order valence-electron chi connectivity index (χ2n) is 6.05. The van der Waals surface area contributed by atoms with E-state index in [0.29, 0.717) is 33.4 Å². The zero-order valence-electron chi connectivity index (χ0n) is 14.9. The summed E-state index contributed by atoms with van der Waals surface area (Å²) in [6.45, 7) is 0.00567. The predicted molar refractivity (Wildman–Crippen MR) is 107 cm³/mol. The molecule has 2 aromatic carbocycles. The van der Waals surface area contributed by atoms with Crippen LogP contribution in [0.4, 0.5) is 4.79 Å². The van der Waals surface area contributed by atoms with Gasteiger partial charge in [-0.2, -0.15) is 5.26 Å². The molecule has 2 aliphatic rings. The highest BCUT2D eigenvalue weighted by Crippen LogP contribution is 2.39. The zero-order chi connectivity index (χ0) is 20.4. The van der Waals surface area contributed by atoms with Crippen LogP contribution < -0.4 is 14.2 Å². The van der Waals surface area contributed by atoms with Crippen molar-refractivity contribution in [2.24, 2.45) is 0 Å². The van der Waals surface area contributed by atoms with Crippen molar-refractivity contribution in [1.82, 2.24) is 4.90 Å². The van der Waals surface area contributed by atoms with E-state index in [9.17, 15) is 9.59 Å². The van der Waals surface area contributed by atoms with Gasteiger partial charge >= 0.3 is 0 Å². The lowest BCUT2D eigenvalue weighted by Gasteiger charge is -2.14. The third-order valence-corrected chi connectivity index (χ3v) is 5.50. The lowest BCUT2D eigenvalue weighted by molar-refractivity contribution is -0.123. The molecule has 1 fully saturated rings. The number of thioether (sulfide) groups is 1. The van der Waals surface area contributed by atoms with Crippen molar-refractivity contribution >= 4 is 40.6 Å². The minimum absolute atomic E-state index is 0.0179. The van der Waals surface area contributed by atoms with E-state index in [1.54, 1.807) is 42.5 Å². The molecular weight excluding hydrogens is 416 g/mol. The highest BCUT2D eigenvalue weighted by molar-refractivity contribution is 8.18. The van der Waals surface area contributed by atoms with Crippen molar-refractivity contribution in [3.05, 3.63) is 57.5 Å². The lowest BCUT2D eigenvalue weighted by atomic mass is 10.1. The maximum atomic E-state index is 12.8. The molecule has 2 amide bonds. The number of ether oxygens (including phenoxy) is 3. The number of carbonyl (C=O) groups is 2. The molecule has 0 spiro atoms. The van der Waals surface area contributed by atoms with Gasteiger partial charge in [-0.1, -0.05) is 29.8 Å². The van der Waals surface area contributed by atoms with E-state index in [4.69, 9.17) is 31.1 Å². The first kappa shape index (κ1) is 19.2. The van der Waals surface area contributed by atoms with Crippen molar-refractivity contribution in [1.29, 1.82) is 5.26 Å². The topological polar surface area (TPSA) is 88.9 Å². The molecule has 4 rings (SSSR count). The van der Waals surface area contributed by atoms with Crippen LogP contribution in [-0.2, 0) is 11.3 Å². The zero-order valence-corrected chi connectivity index (χ0v) is 16.5. The molecule has 1 saturated heterocycles. The Labute approximate surface area is 175 Å². The summed E-state index contributed by atoms with van der Waals surface area (Å²) in [7, 11) is 0. The number of imide groups is 1. The number of halogens is 1. The van der Waals surface area contributed by atoms with Gasteiger partial charge in [0.05, 0.1) is 11.4 Å². The SMILES string of the molecule is N#CCOc1ccccc1/C=C1\SC(=O)N(Cc2cc3c(cc2Cl)OCO3)C1=O. The number of benzene rings is 2. The maximum absolute atomic E-state index is 12.8. The molecule has 0 aromatic heterocycles. The molecule has 29 heavy (non-hydrogen) atoms. The van der Waals surface area contributed by atoms with Gasteiger partial charge in [0.2, 0.25) is 6.79 Å². The van der Waals surface area contributed by atoms with Gasteiger partial charge in [0.1, 0.15) is 11.8 Å². The number of hydrogen-bond acceptors (Lipinski definition) is 7. The van der Waals surface area contributed by atoms with E-state index in [1.807, 2.05) is 6.07 Å². The average Bonchev–Trinajstić information content (AvgIpc) is 3.26. The summed E-state index contributed by atoms with van der Waals surface area (Å²) >= 11 is 7.11. The van der Waals surface area contributed by atoms with Crippen LogP contribution in [0.3, 0.4) is 0 Å². The monoisotopic (exact) mass is 428 g/mol. The summed E-state index contributed by atoms with van der Waals surface area (Å²) in [5, 5.41) is 8.69. The Morgan fingerprint density at radius 1 is 1.24 bits per heavy atom. The van der Waals surface area contributed by atoms with Crippen LogP contribution >= 0.6 is 23.4 Å². The summed E-state index contributed by atoms with van der Waals surface area (Å²) in [6.07, 6.45) is 1.58. The van der Waals surface area contributed by atoms with Crippen LogP contribution in [0.15, 0.2) is 41.3 Å². The number of hydrogen-bond donors (Lipinski definition) is 0. The van der Waals surface area contributed by atoms with Gasteiger partial charge in [0, 0.05) is 16.7 Å². The minimum atomic E-state index is -0.427. The molecular formula is C20H13ClN2O5S. The molecule has 0 atom stereocenters. The first-order valence-electron chi connectivity index (χ1n) is 8.49. The first-order valence-corrected chi connectivity index (χ1v) is 9.68. The normalized spacial score (nSPS) is 16.4. The Bertz CT molecular complexity index is 1080. The van der Waals surface area contributed by atoms with Gasteiger partial charge in [-0.3, -0.25) is 14.5 Å². The van der Waals surface area contributed by atoms with Crippen LogP contribution in [0, 0.1) is 11.3 Å². The second kappa shape index (κ2) is 8.07. The molecule has 0 N–H and O–H groups in total. The molecule has 9 heteroatoms. The first-order chi connectivity index (χ1) is 14.1. The number of nitrogens with zero attached hydrogens (tertiary/aromatic N) is 2. The molecule has 146 valence electrons. The standard InChI is InChI=1S/C20H13ClN2O5S/c21-14-9-17-16(27-11-28-17)7-13(14)10-23-19(24)18(29-20(23)25)8-12-3-1-2-4-15(12)26-6-5-22/h1-4,7-9H,6,10-11H2/b18-8-. The number of carbonyl (C=O) groups excluding carboxylic acids is 2. The Morgan fingerprint density at radius 3 is 2.79 bits per heavy atom. The molecule has 2 aromatic rings. The Balaban J connectivity index is 1.57. The number of para-hydroxylation sites is 1. The van der Waals surface area contributed by atoms with Gasteiger partial charge < -0.3 is 14.2 Å². The molecule has 0 saturated carbocycles. The Morgan fingerprint density at radius 2 is 2.00 bits per heavy atom. The van der Waals surface area contributed by atoms with E-state index >= 15 is 0 Å². The number of nitriles is 1. The average molecular weight is 429 g/mol. The second-order valence-corrected chi connectivity index (χ2v) is 7.45. The van der Waals surface area contributed by atoms with Crippen molar-refractivity contribution in [2.45, 2.75) is 6.54 Å². The Kier molecular flexibility index (Phi) is 5.34.